The minimum Gasteiger partial charge on any atom is -0.294 e. The van der Waals surface area contributed by atoms with Crippen molar-refractivity contribution in [3.63, 3.8) is 0 Å². The number of ketones is 1. The van der Waals surface area contributed by atoms with Gasteiger partial charge in [0, 0.05) is 23.1 Å². The number of aromatic nitrogens is 1. The third-order valence-corrected chi connectivity index (χ3v) is 3.92. The lowest BCUT2D eigenvalue weighted by atomic mass is 9.93. The van der Waals surface area contributed by atoms with Crippen molar-refractivity contribution in [3.05, 3.63) is 53.2 Å². The summed E-state index contributed by atoms with van der Waals surface area (Å²) < 4.78 is 0. The van der Waals surface area contributed by atoms with Gasteiger partial charge in [-0.2, -0.15) is 0 Å². The highest BCUT2D eigenvalue weighted by molar-refractivity contribution is 6.00. The van der Waals surface area contributed by atoms with Gasteiger partial charge < -0.3 is 0 Å². The highest BCUT2D eigenvalue weighted by Crippen LogP contribution is 2.23. The quantitative estimate of drug-likeness (QED) is 0.599. The standard InChI is InChI=1S/C18H19NO/c1-13-7-8-15-12-16(9-10-17(15)19-13)18(20)11-14-5-3-2-4-6-14/h5,7-10,12H,2-4,6,11H2,1H3. The summed E-state index contributed by atoms with van der Waals surface area (Å²) in [6.45, 7) is 1.98. The van der Waals surface area contributed by atoms with Crippen molar-refractivity contribution in [2.24, 2.45) is 0 Å². The van der Waals surface area contributed by atoms with Crippen LogP contribution in [0.2, 0.25) is 0 Å². The van der Waals surface area contributed by atoms with Crippen LogP contribution in [0.5, 0.6) is 0 Å². The zero-order chi connectivity index (χ0) is 13.9. The van der Waals surface area contributed by atoms with Crippen molar-refractivity contribution < 1.29 is 4.79 Å². The van der Waals surface area contributed by atoms with Crippen LogP contribution in [0.15, 0.2) is 42.0 Å². The maximum atomic E-state index is 12.4. The number of allylic oxidation sites excluding steroid dienone is 2. The summed E-state index contributed by atoms with van der Waals surface area (Å²) in [6.07, 6.45) is 7.51. The summed E-state index contributed by atoms with van der Waals surface area (Å²) in [4.78, 5) is 16.8. The number of carbonyl (C=O) groups excluding carboxylic acids is 1. The van der Waals surface area contributed by atoms with E-state index in [4.69, 9.17) is 0 Å². The molecule has 20 heavy (non-hydrogen) atoms. The van der Waals surface area contributed by atoms with E-state index in [0.717, 1.165) is 35.0 Å². The lowest BCUT2D eigenvalue weighted by Crippen LogP contribution is -2.03. The predicted octanol–water partition coefficient (Wildman–Crippen LogP) is 4.62. The van der Waals surface area contributed by atoms with E-state index in [0.29, 0.717) is 6.42 Å². The Labute approximate surface area is 119 Å². The number of hydrogen-bond acceptors (Lipinski definition) is 2. The molecule has 2 nitrogen and oxygen atoms in total. The molecule has 0 radical (unpaired) electrons. The van der Waals surface area contributed by atoms with Crippen molar-refractivity contribution in [1.29, 1.82) is 0 Å². The SMILES string of the molecule is Cc1ccc2cc(C(=O)CC3=CCCCC3)ccc2n1. The zero-order valence-corrected chi connectivity index (χ0v) is 11.9. The fourth-order valence-electron chi connectivity index (χ4n) is 2.77. The van der Waals surface area contributed by atoms with Gasteiger partial charge in [-0.3, -0.25) is 9.78 Å². The smallest absolute Gasteiger partial charge is 0.166 e. The molecule has 0 atom stereocenters. The molecule has 0 bridgehead atoms. The number of Topliss-reactive ketones (excluding diaryl/α,β-unsaturated/α-hetero) is 1. The zero-order valence-electron chi connectivity index (χ0n) is 11.9. The molecule has 3 rings (SSSR count). The molecule has 0 aliphatic heterocycles. The molecular weight excluding hydrogens is 246 g/mol. The van der Waals surface area contributed by atoms with E-state index in [1.165, 1.54) is 18.4 Å². The maximum Gasteiger partial charge on any atom is 0.166 e. The Kier molecular flexibility index (Phi) is 3.64. The molecule has 0 saturated heterocycles. The van der Waals surface area contributed by atoms with Gasteiger partial charge in [-0.15, -0.1) is 0 Å². The van der Waals surface area contributed by atoms with Gasteiger partial charge in [0.1, 0.15) is 0 Å². The molecule has 1 aromatic carbocycles. The topological polar surface area (TPSA) is 30.0 Å². The van der Waals surface area contributed by atoms with Crippen molar-refractivity contribution in [2.45, 2.75) is 39.0 Å². The van der Waals surface area contributed by atoms with Crippen LogP contribution < -0.4 is 0 Å². The fraction of sp³-hybridized carbons (Fsp3) is 0.333. The molecule has 0 fully saturated rings. The van der Waals surface area contributed by atoms with Crippen LogP contribution in [0.4, 0.5) is 0 Å². The second-order valence-electron chi connectivity index (χ2n) is 5.57. The first kappa shape index (κ1) is 13.0. The molecule has 102 valence electrons. The number of fused-ring (bicyclic) bond motifs is 1. The number of hydrogen-bond donors (Lipinski definition) is 0. The summed E-state index contributed by atoms with van der Waals surface area (Å²) in [5, 5.41) is 1.04. The van der Waals surface area contributed by atoms with Gasteiger partial charge in [0.05, 0.1) is 5.52 Å². The van der Waals surface area contributed by atoms with Crippen LogP contribution in [0, 0.1) is 6.92 Å². The monoisotopic (exact) mass is 265 g/mol. The van der Waals surface area contributed by atoms with Gasteiger partial charge in [-0.1, -0.05) is 17.7 Å². The number of benzene rings is 1. The molecule has 0 amide bonds. The van der Waals surface area contributed by atoms with Crippen molar-refractivity contribution >= 4 is 16.7 Å². The number of nitrogens with zero attached hydrogens (tertiary/aromatic N) is 1. The third-order valence-electron chi connectivity index (χ3n) is 3.92. The van der Waals surface area contributed by atoms with Gasteiger partial charge >= 0.3 is 0 Å². The normalized spacial score (nSPS) is 15.2. The Balaban J connectivity index is 1.84. The molecule has 1 aliphatic carbocycles. The van der Waals surface area contributed by atoms with E-state index in [-0.39, 0.29) is 5.78 Å². The number of pyridine rings is 1. The van der Waals surface area contributed by atoms with E-state index in [2.05, 4.69) is 11.1 Å². The molecule has 2 aromatic rings. The van der Waals surface area contributed by atoms with Crippen LogP contribution in [0.3, 0.4) is 0 Å². The molecule has 0 N–H and O–H groups in total. The Morgan fingerprint density at radius 2 is 2.10 bits per heavy atom. The van der Waals surface area contributed by atoms with Crippen LogP contribution in [-0.4, -0.2) is 10.8 Å². The van der Waals surface area contributed by atoms with E-state index in [1.807, 2.05) is 37.3 Å². The first-order valence-corrected chi connectivity index (χ1v) is 7.31. The van der Waals surface area contributed by atoms with Gasteiger partial charge in [-0.25, -0.2) is 0 Å². The summed E-state index contributed by atoms with van der Waals surface area (Å²) in [7, 11) is 0. The second-order valence-corrected chi connectivity index (χ2v) is 5.57. The molecule has 1 aliphatic rings. The largest absolute Gasteiger partial charge is 0.294 e. The molecule has 1 heterocycles. The maximum absolute atomic E-state index is 12.4. The lowest BCUT2D eigenvalue weighted by Gasteiger charge is -2.12. The van der Waals surface area contributed by atoms with Crippen LogP contribution >= 0.6 is 0 Å². The van der Waals surface area contributed by atoms with Crippen LogP contribution in [0.1, 0.15) is 48.2 Å². The summed E-state index contributed by atoms with van der Waals surface area (Å²) in [5.74, 6) is 0.223. The van der Waals surface area contributed by atoms with Crippen molar-refractivity contribution in [3.8, 4) is 0 Å². The number of rotatable bonds is 3. The summed E-state index contributed by atoms with van der Waals surface area (Å²) in [6, 6.07) is 9.84. The van der Waals surface area contributed by atoms with Gasteiger partial charge in [0.25, 0.3) is 0 Å². The Morgan fingerprint density at radius 3 is 2.90 bits per heavy atom. The average Bonchev–Trinajstić information content (AvgIpc) is 2.47. The first-order chi connectivity index (χ1) is 9.72. The van der Waals surface area contributed by atoms with Crippen molar-refractivity contribution in [2.75, 3.05) is 0 Å². The highest BCUT2D eigenvalue weighted by atomic mass is 16.1. The minimum atomic E-state index is 0.223. The average molecular weight is 265 g/mol. The minimum absolute atomic E-state index is 0.223. The fourth-order valence-corrected chi connectivity index (χ4v) is 2.77. The van der Waals surface area contributed by atoms with Gasteiger partial charge in [0.15, 0.2) is 5.78 Å². The predicted molar refractivity (Wildman–Crippen MR) is 82.0 cm³/mol. The third kappa shape index (κ3) is 2.79. The summed E-state index contributed by atoms with van der Waals surface area (Å²) >= 11 is 0. The number of aryl methyl sites for hydroxylation is 1. The Morgan fingerprint density at radius 1 is 1.20 bits per heavy atom. The highest BCUT2D eigenvalue weighted by Gasteiger charge is 2.11. The van der Waals surface area contributed by atoms with E-state index >= 15 is 0 Å². The molecule has 1 aromatic heterocycles. The van der Waals surface area contributed by atoms with E-state index in [9.17, 15) is 4.79 Å². The van der Waals surface area contributed by atoms with E-state index < -0.39 is 0 Å². The Hall–Kier alpha value is -1.96. The van der Waals surface area contributed by atoms with E-state index in [1.54, 1.807) is 0 Å². The first-order valence-electron chi connectivity index (χ1n) is 7.31. The Bertz CT molecular complexity index is 685. The molecule has 0 spiro atoms. The summed E-state index contributed by atoms with van der Waals surface area (Å²) in [5.41, 5.74) is 4.07. The lowest BCUT2D eigenvalue weighted by molar-refractivity contribution is 0.0991. The van der Waals surface area contributed by atoms with Gasteiger partial charge in [0.2, 0.25) is 0 Å². The molecule has 0 saturated carbocycles. The van der Waals surface area contributed by atoms with Crippen molar-refractivity contribution in [1.82, 2.24) is 4.98 Å². The molecule has 2 heteroatoms. The van der Waals surface area contributed by atoms with Crippen LogP contribution in [-0.2, 0) is 0 Å². The molecule has 0 unspecified atom stereocenters. The van der Waals surface area contributed by atoms with Gasteiger partial charge in [-0.05, 0) is 56.9 Å². The number of carbonyl (C=O) groups is 1. The second kappa shape index (κ2) is 5.58. The van der Waals surface area contributed by atoms with Crippen LogP contribution in [0.25, 0.3) is 10.9 Å². The molecular formula is C18H19NO.